The average Bonchev–Trinajstić information content (AvgIpc) is 2.52. The van der Waals surface area contributed by atoms with E-state index in [1.807, 2.05) is 49.4 Å². The van der Waals surface area contributed by atoms with Crippen molar-refractivity contribution < 1.29 is 9.53 Å². The van der Waals surface area contributed by atoms with Crippen molar-refractivity contribution in [3.05, 3.63) is 59.9 Å². The number of nitrogens with zero attached hydrogens (tertiary/aromatic N) is 1. The first-order valence-corrected chi connectivity index (χ1v) is 7.11. The van der Waals surface area contributed by atoms with Gasteiger partial charge < -0.3 is 10.1 Å². The fraction of sp³-hybridized carbons (Fsp3) is 0.294. The van der Waals surface area contributed by atoms with Gasteiger partial charge in [0.05, 0.1) is 0 Å². The Kier molecular flexibility index (Phi) is 5.76. The molecule has 0 saturated heterocycles. The van der Waals surface area contributed by atoms with Crippen molar-refractivity contribution in [1.29, 1.82) is 0 Å². The first kappa shape index (κ1) is 15.0. The Morgan fingerprint density at radius 2 is 2.00 bits per heavy atom. The summed E-state index contributed by atoms with van der Waals surface area (Å²) in [7, 11) is 0. The van der Waals surface area contributed by atoms with Crippen molar-refractivity contribution in [2.45, 2.75) is 19.8 Å². The Hall–Kier alpha value is -2.36. The zero-order valence-electron chi connectivity index (χ0n) is 12.2. The molecule has 1 aromatic carbocycles. The van der Waals surface area contributed by atoms with Crippen molar-refractivity contribution in [2.24, 2.45) is 0 Å². The molecule has 2 aromatic rings. The predicted molar refractivity (Wildman–Crippen MR) is 82.2 cm³/mol. The number of ether oxygens (including phenoxy) is 1. The first-order valence-electron chi connectivity index (χ1n) is 7.11. The molecule has 4 heteroatoms. The van der Waals surface area contributed by atoms with Gasteiger partial charge in [-0.25, -0.2) is 0 Å². The number of amides is 1. The van der Waals surface area contributed by atoms with Crippen molar-refractivity contribution >= 4 is 5.91 Å². The molecule has 0 unspecified atom stereocenters. The SMILES string of the molecule is Cc1ccccc1OCC(=O)NCCCc1ccccn1. The molecule has 1 aromatic heterocycles. The fourth-order valence-electron chi connectivity index (χ4n) is 1.96. The van der Waals surface area contributed by atoms with Gasteiger partial charge in [-0.1, -0.05) is 24.3 Å². The Bertz CT molecular complexity index is 570. The van der Waals surface area contributed by atoms with Crippen molar-refractivity contribution in [3.8, 4) is 5.75 Å². The summed E-state index contributed by atoms with van der Waals surface area (Å²) in [6, 6.07) is 13.5. The number of pyridine rings is 1. The minimum Gasteiger partial charge on any atom is -0.484 e. The monoisotopic (exact) mass is 284 g/mol. The van der Waals surface area contributed by atoms with Crippen LogP contribution in [0.3, 0.4) is 0 Å². The third-order valence-corrected chi connectivity index (χ3v) is 3.11. The van der Waals surface area contributed by atoms with Crippen LogP contribution in [0, 0.1) is 6.92 Å². The molecular weight excluding hydrogens is 264 g/mol. The van der Waals surface area contributed by atoms with Gasteiger partial charge in [-0.15, -0.1) is 0 Å². The molecule has 1 heterocycles. The summed E-state index contributed by atoms with van der Waals surface area (Å²) in [5, 5.41) is 2.85. The van der Waals surface area contributed by atoms with Gasteiger partial charge in [-0.3, -0.25) is 9.78 Å². The number of hydrogen-bond acceptors (Lipinski definition) is 3. The van der Waals surface area contributed by atoms with Gasteiger partial charge in [0.15, 0.2) is 6.61 Å². The van der Waals surface area contributed by atoms with Crippen LogP contribution in [-0.2, 0) is 11.2 Å². The van der Waals surface area contributed by atoms with Crippen molar-refractivity contribution in [2.75, 3.05) is 13.2 Å². The lowest BCUT2D eigenvalue weighted by Crippen LogP contribution is -2.30. The highest BCUT2D eigenvalue weighted by Gasteiger charge is 2.04. The van der Waals surface area contributed by atoms with Gasteiger partial charge in [0.2, 0.25) is 0 Å². The minimum absolute atomic E-state index is 0.0500. The molecule has 0 aliphatic heterocycles. The Morgan fingerprint density at radius 3 is 2.76 bits per heavy atom. The lowest BCUT2D eigenvalue weighted by atomic mass is 10.2. The van der Waals surface area contributed by atoms with E-state index in [0.29, 0.717) is 6.54 Å². The smallest absolute Gasteiger partial charge is 0.257 e. The van der Waals surface area contributed by atoms with Crippen LogP contribution in [0.25, 0.3) is 0 Å². The third-order valence-electron chi connectivity index (χ3n) is 3.11. The number of benzene rings is 1. The number of nitrogens with one attached hydrogen (secondary N) is 1. The zero-order valence-corrected chi connectivity index (χ0v) is 12.2. The van der Waals surface area contributed by atoms with E-state index in [9.17, 15) is 4.79 Å². The van der Waals surface area contributed by atoms with Crippen LogP contribution in [0.1, 0.15) is 17.7 Å². The Labute approximate surface area is 125 Å². The summed E-state index contributed by atoms with van der Waals surface area (Å²) in [6.07, 6.45) is 3.51. The standard InChI is InChI=1S/C17H20N2O2/c1-14-7-2-3-10-16(14)21-13-17(20)19-12-6-9-15-8-4-5-11-18-15/h2-5,7-8,10-11H,6,9,12-13H2,1H3,(H,19,20). The van der Waals surface area contributed by atoms with E-state index in [4.69, 9.17) is 4.74 Å². The molecule has 0 saturated carbocycles. The summed E-state index contributed by atoms with van der Waals surface area (Å²) in [5.74, 6) is 0.653. The molecule has 0 aliphatic carbocycles. The number of rotatable bonds is 7. The van der Waals surface area contributed by atoms with E-state index >= 15 is 0 Å². The summed E-state index contributed by atoms with van der Waals surface area (Å²) in [5.41, 5.74) is 2.07. The first-order chi connectivity index (χ1) is 10.3. The van der Waals surface area contributed by atoms with Crippen LogP contribution in [0.15, 0.2) is 48.7 Å². The van der Waals surface area contributed by atoms with Crippen LogP contribution in [-0.4, -0.2) is 24.0 Å². The molecule has 0 radical (unpaired) electrons. The molecule has 1 N–H and O–H groups in total. The van der Waals surface area contributed by atoms with Gasteiger partial charge in [0.1, 0.15) is 5.75 Å². The maximum absolute atomic E-state index is 11.7. The number of aromatic nitrogens is 1. The van der Waals surface area contributed by atoms with E-state index in [-0.39, 0.29) is 12.5 Å². The van der Waals surface area contributed by atoms with Crippen molar-refractivity contribution in [1.82, 2.24) is 10.3 Å². The van der Waals surface area contributed by atoms with E-state index in [0.717, 1.165) is 29.8 Å². The highest BCUT2D eigenvalue weighted by molar-refractivity contribution is 5.77. The second kappa shape index (κ2) is 8.04. The second-order valence-electron chi connectivity index (χ2n) is 4.83. The van der Waals surface area contributed by atoms with Gasteiger partial charge in [-0.2, -0.15) is 0 Å². The Balaban J connectivity index is 1.63. The van der Waals surface area contributed by atoms with Crippen LogP contribution < -0.4 is 10.1 Å². The van der Waals surface area contributed by atoms with Gasteiger partial charge in [-0.05, 0) is 43.5 Å². The molecule has 1 amide bonds. The number of hydrogen-bond donors (Lipinski definition) is 1. The molecule has 0 aliphatic rings. The maximum Gasteiger partial charge on any atom is 0.257 e. The van der Waals surface area contributed by atoms with E-state index in [2.05, 4.69) is 10.3 Å². The molecule has 0 spiro atoms. The van der Waals surface area contributed by atoms with Gasteiger partial charge in [0.25, 0.3) is 5.91 Å². The number of aryl methyl sites for hydroxylation is 2. The average molecular weight is 284 g/mol. The normalized spacial score (nSPS) is 10.1. The number of carbonyl (C=O) groups is 1. The third kappa shape index (κ3) is 5.26. The highest BCUT2D eigenvalue weighted by Crippen LogP contribution is 2.15. The second-order valence-corrected chi connectivity index (χ2v) is 4.83. The molecule has 2 rings (SSSR count). The number of carbonyl (C=O) groups excluding carboxylic acids is 1. The molecule has 0 atom stereocenters. The van der Waals surface area contributed by atoms with Crippen molar-refractivity contribution in [3.63, 3.8) is 0 Å². The molecule has 21 heavy (non-hydrogen) atoms. The maximum atomic E-state index is 11.7. The molecule has 110 valence electrons. The van der Waals surface area contributed by atoms with Crippen LogP contribution >= 0.6 is 0 Å². The molecule has 0 fully saturated rings. The topological polar surface area (TPSA) is 51.2 Å². The Morgan fingerprint density at radius 1 is 1.19 bits per heavy atom. The summed E-state index contributed by atoms with van der Waals surface area (Å²) in [4.78, 5) is 15.9. The lowest BCUT2D eigenvalue weighted by Gasteiger charge is -2.09. The van der Waals surface area contributed by atoms with Gasteiger partial charge in [0, 0.05) is 18.4 Å². The van der Waals surface area contributed by atoms with E-state index in [1.165, 1.54) is 0 Å². The summed E-state index contributed by atoms with van der Waals surface area (Å²) in [6.45, 7) is 2.64. The molecule has 4 nitrogen and oxygen atoms in total. The lowest BCUT2D eigenvalue weighted by molar-refractivity contribution is -0.123. The van der Waals surface area contributed by atoms with Crippen LogP contribution in [0.5, 0.6) is 5.75 Å². The van der Waals surface area contributed by atoms with Crippen LogP contribution in [0.2, 0.25) is 0 Å². The molecule has 0 bridgehead atoms. The number of para-hydroxylation sites is 1. The van der Waals surface area contributed by atoms with Gasteiger partial charge >= 0.3 is 0 Å². The molecular formula is C17H20N2O2. The fourth-order valence-corrected chi connectivity index (χ4v) is 1.96. The zero-order chi connectivity index (χ0) is 14.9. The summed E-state index contributed by atoms with van der Waals surface area (Å²) >= 11 is 0. The largest absolute Gasteiger partial charge is 0.484 e. The van der Waals surface area contributed by atoms with E-state index < -0.39 is 0 Å². The van der Waals surface area contributed by atoms with E-state index in [1.54, 1.807) is 6.20 Å². The quantitative estimate of drug-likeness (QED) is 0.795. The predicted octanol–water partition coefficient (Wildman–Crippen LogP) is 2.52. The van der Waals surface area contributed by atoms with Crippen LogP contribution in [0.4, 0.5) is 0 Å². The minimum atomic E-state index is -0.0979. The highest BCUT2D eigenvalue weighted by atomic mass is 16.5. The summed E-state index contributed by atoms with van der Waals surface area (Å²) < 4.78 is 5.49.